The van der Waals surface area contributed by atoms with Gasteiger partial charge in [0, 0.05) is 12.1 Å². The maximum atomic E-state index is 5.69. The van der Waals surface area contributed by atoms with Crippen LogP contribution in [-0.4, -0.2) is 20.2 Å². The number of nitrogens with zero attached hydrogens (tertiary/aromatic N) is 4. The van der Waals surface area contributed by atoms with Crippen LogP contribution in [0.5, 0.6) is 0 Å². The Kier molecular flexibility index (Phi) is 3.41. The van der Waals surface area contributed by atoms with Gasteiger partial charge in [-0.05, 0) is 33.7 Å². The maximum Gasteiger partial charge on any atom is 0.156 e. The van der Waals surface area contributed by atoms with Crippen molar-refractivity contribution in [3.8, 4) is 0 Å². The molecule has 5 nitrogen and oxygen atoms in total. The number of benzene rings is 2. The molecule has 0 spiro atoms. The van der Waals surface area contributed by atoms with Crippen LogP contribution in [0.2, 0.25) is 0 Å². The van der Waals surface area contributed by atoms with Crippen LogP contribution >= 0.6 is 0 Å². The average molecular weight is 265 g/mol. The van der Waals surface area contributed by atoms with Crippen molar-refractivity contribution in [3.63, 3.8) is 0 Å². The lowest BCUT2D eigenvalue weighted by Gasteiger charge is -2.05. The highest BCUT2D eigenvalue weighted by Gasteiger charge is 2.07. The number of nitrogen functional groups attached to an aromatic ring is 1. The largest absolute Gasteiger partial charge is 0.399 e. The van der Waals surface area contributed by atoms with E-state index in [9.17, 15) is 0 Å². The van der Waals surface area contributed by atoms with Crippen LogP contribution in [-0.2, 0) is 13.0 Å². The number of hydrogen-bond acceptors (Lipinski definition) is 4. The predicted octanol–water partition coefficient (Wildman–Crippen LogP) is 1.89. The summed E-state index contributed by atoms with van der Waals surface area (Å²) in [4.78, 5) is 0. The lowest BCUT2D eigenvalue weighted by atomic mass is 10.1. The summed E-state index contributed by atoms with van der Waals surface area (Å²) in [5, 5.41) is 11.9. The van der Waals surface area contributed by atoms with E-state index in [1.807, 2.05) is 47.1 Å². The molecule has 0 amide bonds. The van der Waals surface area contributed by atoms with Gasteiger partial charge in [0.2, 0.25) is 0 Å². The number of rotatable bonds is 4. The number of anilines is 1. The fourth-order valence-electron chi connectivity index (χ4n) is 2.05. The van der Waals surface area contributed by atoms with E-state index < -0.39 is 0 Å². The Bertz CT molecular complexity index is 673. The standard InChI is InChI=1S/C15H15N5/c16-14-8-6-13(7-9-14)11-20-15(17-18-19-20)10-12-4-2-1-3-5-12/h1-9H,10-11,16H2. The van der Waals surface area contributed by atoms with Crippen LogP contribution in [0.15, 0.2) is 54.6 Å². The monoisotopic (exact) mass is 265 g/mol. The molecule has 100 valence electrons. The first-order valence-electron chi connectivity index (χ1n) is 6.44. The van der Waals surface area contributed by atoms with Crippen LogP contribution in [0, 0.1) is 0 Å². The third-order valence-electron chi connectivity index (χ3n) is 3.12. The Labute approximate surface area is 117 Å². The Morgan fingerprint density at radius 2 is 1.65 bits per heavy atom. The second-order valence-corrected chi connectivity index (χ2v) is 4.66. The maximum absolute atomic E-state index is 5.69. The first kappa shape index (κ1) is 12.3. The average Bonchev–Trinajstić information content (AvgIpc) is 2.90. The molecule has 0 saturated heterocycles. The predicted molar refractivity (Wildman–Crippen MR) is 77.0 cm³/mol. The summed E-state index contributed by atoms with van der Waals surface area (Å²) >= 11 is 0. The summed E-state index contributed by atoms with van der Waals surface area (Å²) < 4.78 is 1.82. The minimum atomic E-state index is 0.648. The summed E-state index contributed by atoms with van der Waals surface area (Å²) in [7, 11) is 0. The van der Waals surface area contributed by atoms with Crippen molar-refractivity contribution in [2.24, 2.45) is 0 Å². The molecule has 3 rings (SSSR count). The van der Waals surface area contributed by atoms with Gasteiger partial charge in [0.15, 0.2) is 5.82 Å². The fraction of sp³-hybridized carbons (Fsp3) is 0.133. The van der Waals surface area contributed by atoms with Crippen LogP contribution < -0.4 is 5.73 Å². The molecule has 0 bridgehead atoms. The smallest absolute Gasteiger partial charge is 0.156 e. The molecule has 0 atom stereocenters. The molecule has 2 aromatic carbocycles. The first-order valence-corrected chi connectivity index (χ1v) is 6.44. The van der Waals surface area contributed by atoms with E-state index in [-0.39, 0.29) is 0 Å². The van der Waals surface area contributed by atoms with E-state index >= 15 is 0 Å². The number of tetrazole rings is 1. The van der Waals surface area contributed by atoms with Crippen molar-refractivity contribution in [2.75, 3.05) is 5.73 Å². The van der Waals surface area contributed by atoms with Gasteiger partial charge in [0.05, 0.1) is 6.54 Å². The second-order valence-electron chi connectivity index (χ2n) is 4.66. The molecule has 0 aliphatic carbocycles. The van der Waals surface area contributed by atoms with Gasteiger partial charge in [-0.1, -0.05) is 42.5 Å². The van der Waals surface area contributed by atoms with Gasteiger partial charge in [0.1, 0.15) is 0 Å². The van der Waals surface area contributed by atoms with Crippen molar-refractivity contribution < 1.29 is 0 Å². The molecule has 0 aliphatic rings. The highest BCUT2D eigenvalue weighted by atomic mass is 15.5. The van der Waals surface area contributed by atoms with Crippen LogP contribution in [0.1, 0.15) is 17.0 Å². The van der Waals surface area contributed by atoms with E-state index in [0.717, 1.165) is 23.5 Å². The zero-order valence-electron chi connectivity index (χ0n) is 11.0. The zero-order chi connectivity index (χ0) is 13.8. The molecule has 0 fully saturated rings. The summed E-state index contributed by atoms with van der Waals surface area (Å²) in [6.07, 6.45) is 0.725. The molecule has 0 radical (unpaired) electrons. The van der Waals surface area contributed by atoms with Crippen LogP contribution in [0.4, 0.5) is 5.69 Å². The molecule has 1 heterocycles. The molecule has 3 aromatic rings. The van der Waals surface area contributed by atoms with Crippen molar-refractivity contribution >= 4 is 5.69 Å². The molecular weight excluding hydrogens is 250 g/mol. The molecule has 5 heteroatoms. The topological polar surface area (TPSA) is 69.6 Å². The Morgan fingerprint density at radius 1 is 0.900 bits per heavy atom. The highest BCUT2D eigenvalue weighted by molar-refractivity contribution is 5.39. The minimum absolute atomic E-state index is 0.648. The van der Waals surface area contributed by atoms with Gasteiger partial charge >= 0.3 is 0 Å². The van der Waals surface area contributed by atoms with Crippen LogP contribution in [0.3, 0.4) is 0 Å². The Balaban J connectivity index is 1.78. The third kappa shape index (κ3) is 2.83. The van der Waals surface area contributed by atoms with E-state index in [2.05, 4.69) is 27.7 Å². The molecule has 0 aliphatic heterocycles. The molecule has 1 aromatic heterocycles. The van der Waals surface area contributed by atoms with Gasteiger partial charge in [-0.2, -0.15) is 0 Å². The molecule has 20 heavy (non-hydrogen) atoms. The van der Waals surface area contributed by atoms with Crippen molar-refractivity contribution in [1.29, 1.82) is 0 Å². The second kappa shape index (κ2) is 5.52. The van der Waals surface area contributed by atoms with Gasteiger partial charge in [0.25, 0.3) is 0 Å². The normalized spacial score (nSPS) is 10.6. The Morgan fingerprint density at radius 3 is 2.40 bits per heavy atom. The molecular formula is C15H15N5. The zero-order valence-corrected chi connectivity index (χ0v) is 11.0. The van der Waals surface area contributed by atoms with Gasteiger partial charge < -0.3 is 5.73 Å². The molecule has 0 saturated carbocycles. The van der Waals surface area contributed by atoms with E-state index in [1.54, 1.807) is 0 Å². The van der Waals surface area contributed by atoms with Gasteiger partial charge in [-0.3, -0.25) is 0 Å². The number of aromatic nitrogens is 4. The van der Waals surface area contributed by atoms with Gasteiger partial charge in [-0.15, -0.1) is 5.10 Å². The van der Waals surface area contributed by atoms with Crippen molar-refractivity contribution in [2.45, 2.75) is 13.0 Å². The van der Waals surface area contributed by atoms with Gasteiger partial charge in [-0.25, -0.2) is 4.68 Å². The summed E-state index contributed by atoms with van der Waals surface area (Å²) in [6, 6.07) is 17.9. The lowest BCUT2D eigenvalue weighted by molar-refractivity contribution is 0.625. The van der Waals surface area contributed by atoms with E-state index in [0.29, 0.717) is 6.54 Å². The summed E-state index contributed by atoms with van der Waals surface area (Å²) in [5.41, 5.74) is 8.77. The van der Waals surface area contributed by atoms with E-state index in [1.165, 1.54) is 5.56 Å². The highest BCUT2D eigenvalue weighted by Crippen LogP contribution is 2.10. The minimum Gasteiger partial charge on any atom is -0.399 e. The number of hydrogen-bond donors (Lipinski definition) is 1. The van der Waals surface area contributed by atoms with Crippen molar-refractivity contribution in [1.82, 2.24) is 20.2 Å². The van der Waals surface area contributed by atoms with E-state index in [4.69, 9.17) is 5.73 Å². The third-order valence-corrected chi connectivity index (χ3v) is 3.12. The number of nitrogens with two attached hydrogens (primary N) is 1. The van der Waals surface area contributed by atoms with Crippen LogP contribution in [0.25, 0.3) is 0 Å². The summed E-state index contributed by atoms with van der Waals surface area (Å²) in [6.45, 7) is 0.648. The Hall–Kier alpha value is -2.69. The SMILES string of the molecule is Nc1ccc(Cn2nnnc2Cc2ccccc2)cc1. The quantitative estimate of drug-likeness (QED) is 0.731. The first-order chi connectivity index (χ1) is 9.81. The fourth-order valence-corrected chi connectivity index (χ4v) is 2.05. The lowest BCUT2D eigenvalue weighted by Crippen LogP contribution is -2.07. The molecule has 0 unspecified atom stereocenters. The van der Waals surface area contributed by atoms with Crippen molar-refractivity contribution in [3.05, 3.63) is 71.5 Å². The molecule has 2 N–H and O–H groups in total. The summed E-state index contributed by atoms with van der Waals surface area (Å²) in [5.74, 6) is 0.855.